The van der Waals surface area contributed by atoms with Gasteiger partial charge in [-0.1, -0.05) is 0 Å². The number of hydrogen-bond acceptors (Lipinski definition) is 24. The molecular formula is C33H44FN9O14P2S3. The molecule has 23 nitrogen and oxygen atoms in total. The fourth-order valence-electron chi connectivity index (χ4n) is 6.60. The number of fused-ring (bicyclic) bond motifs is 5. The number of aromatic amines is 1. The molecule has 0 aromatic carbocycles. The number of rotatable bonds is 9. The van der Waals surface area contributed by atoms with Gasteiger partial charge in [0, 0.05) is 7.11 Å². The molecule has 4 aromatic rings. The molecule has 62 heavy (non-hydrogen) atoms. The average molecular weight is 968 g/mol. The summed E-state index contributed by atoms with van der Waals surface area (Å²) in [6, 6.07) is 0. The number of methoxy groups -OCH3 is 1. The van der Waals surface area contributed by atoms with Crippen molar-refractivity contribution in [3.8, 4) is 0 Å². The quantitative estimate of drug-likeness (QED) is 0.156. The Kier molecular flexibility index (Phi) is 13.5. The highest BCUT2D eigenvalue weighted by Gasteiger charge is 2.56. The Balaban J connectivity index is 1.30. The first kappa shape index (κ1) is 46.7. The van der Waals surface area contributed by atoms with Crippen LogP contribution in [0.2, 0.25) is 0 Å². The molecule has 0 unspecified atom stereocenters. The number of H-pyrrole nitrogens is 1. The summed E-state index contributed by atoms with van der Waals surface area (Å²) in [5, 5.41) is 0. The van der Waals surface area contributed by atoms with Crippen LogP contribution in [0.3, 0.4) is 0 Å². The van der Waals surface area contributed by atoms with E-state index in [0.717, 1.165) is 17.9 Å². The topological polar surface area (TPSA) is 306 Å². The van der Waals surface area contributed by atoms with E-state index < -0.39 is 116 Å². The van der Waals surface area contributed by atoms with E-state index in [4.69, 9.17) is 53.2 Å². The van der Waals surface area contributed by atoms with Crippen LogP contribution in [0, 0.1) is 0 Å². The van der Waals surface area contributed by atoms with Gasteiger partial charge in [0.2, 0.25) is 5.95 Å². The summed E-state index contributed by atoms with van der Waals surface area (Å²) in [5.41, 5.74) is 9.58. The van der Waals surface area contributed by atoms with E-state index >= 15 is 8.96 Å². The number of nitrogen functional groups attached to an aromatic ring is 2. The minimum absolute atomic E-state index is 0.00253. The first-order chi connectivity index (χ1) is 29.1. The number of carbonyl (C=O) groups is 2. The molecule has 3 aliphatic rings. The summed E-state index contributed by atoms with van der Waals surface area (Å²) >= 11 is 1.69. The summed E-state index contributed by atoms with van der Waals surface area (Å²) in [5.74, 6) is -2.90. The largest absolute Gasteiger partial charge is 0.459 e. The monoisotopic (exact) mass is 967 g/mol. The van der Waals surface area contributed by atoms with Gasteiger partial charge in [0.1, 0.15) is 76.7 Å². The van der Waals surface area contributed by atoms with Crippen LogP contribution in [0.15, 0.2) is 17.4 Å². The summed E-state index contributed by atoms with van der Waals surface area (Å²) in [6.45, 7) is -0.824. The lowest BCUT2D eigenvalue weighted by atomic mass is 10.1. The third-order valence-corrected chi connectivity index (χ3v) is 17.0. The molecule has 3 saturated heterocycles. The number of nitrogens with zero attached hydrogens (tertiary/aromatic N) is 6. The molecule has 4 aromatic heterocycles. The van der Waals surface area contributed by atoms with E-state index in [9.17, 15) is 18.9 Å². The van der Waals surface area contributed by atoms with Gasteiger partial charge < -0.3 is 35.2 Å². The number of ether oxygens (including phenoxy) is 5. The number of nitrogens with two attached hydrogens (primary N) is 2. The maximum atomic E-state index is 17.0. The molecule has 0 amide bonds. The zero-order valence-electron chi connectivity index (χ0n) is 34.2. The van der Waals surface area contributed by atoms with Gasteiger partial charge in [-0.25, -0.2) is 33.5 Å². The van der Waals surface area contributed by atoms with Gasteiger partial charge in [0.15, 0.2) is 29.4 Å². The summed E-state index contributed by atoms with van der Waals surface area (Å²) in [7, 11) is 1.29. The smallest absolute Gasteiger partial charge is 0.390 e. The summed E-state index contributed by atoms with van der Waals surface area (Å²) in [4.78, 5) is 57.8. The predicted molar refractivity (Wildman–Crippen MR) is 223 cm³/mol. The van der Waals surface area contributed by atoms with Crippen LogP contribution in [0.25, 0.3) is 22.2 Å². The molecule has 0 aliphatic carbocycles. The normalized spacial score (nSPS) is 31.0. The molecule has 0 saturated carbocycles. The molecule has 0 radical (unpaired) electrons. The fraction of sp³-hybridized carbons (Fsp3) is 0.636. The van der Waals surface area contributed by atoms with Crippen LogP contribution >= 0.6 is 47.9 Å². The Bertz CT molecular complexity index is 2480. The zero-order valence-corrected chi connectivity index (χ0v) is 38.4. The van der Waals surface area contributed by atoms with E-state index in [0.29, 0.717) is 22.8 Å². The number of hydrogen-bond donors (Lipinski definition) is 3. The molecular weight excluding hydrogens is 924 g/mol. The van der Waals surface area contributed by atoms with E-state index in [1.807, 2.05) is 0 Å². The van der Waals surface area contributed by atoms with E-state index in [2.05, 4.69) is 29.3 Å². The molecule has 0 spiro atoms. The van der Waals surface area contributed by atoms with Crippen molar-refractivity contribution in [3.05, 3.63) is 27.9 Å². The lowest BCUT2D eigenvalue weighted by Gasteiger charge is -2.28. The van der Waals surface area contributed by atoms with Gasteiger partial charge in [-0.3, -0.25) is 42.0 Å². The number of aromatic nitrogens is 7. The molecule has 7 heterocycles. The summed E-state index contributed by atoms with van der Waals surface area (Å²) in [6.07, 6.45) is -9.87. The Hall–Kier alpha value is -3.33. The lowest BCUT2D eigenvalue weighted by Crippen LogP contribution is -2.36. The standard InChI is InChI=1S/C33H44FN9O14P2S3/c1-32(2,3)54-16(44)10-60-58(47)51-9-15-23(49-7)24(25(52-15)26-19-20(42-62-26)29(46)41-31(36)40-19)57-59(48,61-11-17(45)55-33(4,5)6)50-8-14-22(56-58)18(34)30(53-14)43-13-39-21-27(35)37-12-38-28(21)43/h12-15,18,22-25,30H,8-11H2,1-7H3,(H2,35,37,38)(H3,36,40,41,46)/t14-,15-,18-,22-,23-,24-,25-,30-,58-,59-/m1/s1. The SMILES string of the molecule is CO[C@H]1[C@H]2O[P@](=O)(SCC(=O)OC(C)(C)C)OC[C@H]3O[C@@H](n4cnc5c(N)ncnc54)[C@H](F)[C@@H]3O[P@](=O)(SCC(=O)OC(C)(C)C)OC[C@H]1O[C@H]2c1snc2c(=O)[nH]c(N)nc12. The second-order valence-corrected chi connectivity index (χ2v) is 24.8. The van der Waals surface area contributed by atoms with Crippen LogP contribution in [0.1, 0.15) is 58.8 Å². The van der Waals surface area contributed by atoms with Gasteiger partial charge in [0.05, 0.1) is 24.4 Å². The van der Waals surface area contributed by atoms with Crippen LogP contribution in [0.5, 0.6) is 0 Å². The van der Waals surface area contributed by atoms with Crippen molar-refractivity contribution in [2.75, 3.05) is 43.3 Å². The van der Waals surface area contributed by atoms with Crippen molar-refractivity contribution in [1.29, 1.82) is 0 Å². The third-order valence-electron chi connectivity index (χ3n) is 8.97. The van der Waals surface area contributed by atoms with Crippen LogP contribution in [0.4, 0.5) is 16.2 Å². The van der Waals surface area contributed by atoms with Crippen molar-refractivity contribution in [3.63, 3.8) is 0 Å². The first-order valence-electron chi connectivity index (χ1n) is 18.7. The lowest BCUT2D eigenvalue weighted by molar-refractivity contribution is -0.152. The molecule has 3 fully saturated rings. The zero-order chi connectivity index (χ0) is 44.9. The Morgan fingerprint density at radius 1 is 0.919 bits per heavy atom. The highest BCUT2D eigenvalue weighted by Crippen LogP contribution is 2.66. The minimum atomic E-state index is -4.67. The van der Waals surface area contributed by atoms with Gasteiger partial charge >= 0.3 is 25.5 Å². The Morgan fingerprint density at radius 2 is 1.53 bits per heavy atom. The van der Waals surface area contributed by atoms with Gasteiger partial charge in [-0.05, 0) is 75.8 Å². The van der Waals surface area contributed by atoms with E-state index in [1.54, 1.807) is 41.5 Å². The number of anilines is 2. The number of alkyl halides is 1. The second-order valence-electron chi connectivity index (χ2n) is 15.9. The molecule has 3 aliphatic heterocycles. The van der Waals surface area contributed by atoms with E-state index in [1.165, 1.54) is 18.0 Å². The number of halogens is 1. The molecule has 5 N–H and O–H groups in total. The maximum absolute atomic E-state index is 17.0. The first-order valence-corrected chi connectivity index (χ1v) is 25.7. The van der Waals surface area contributed by atoms with Gasteiger partial charge in [-0.2, -0.15) is 4.37 Å². The minimum Gasteiger partial charge on any atom is -0.459 e. The molecule has 7 rings (SSSR count). The highest BCUT2D eigenvalue weighted by atomic mass is 32.7. The van der Waals surface area contributed by atoms with Crippen molar-refractivity contribution >= 4 is 93.8 Å². The number of carbonyl (C=O) groups excluding carboxylic acids is 2. The van der Waals surface area contributed by atoms with Crippen molar-refractivity contribution in [2.24, 2.45) is 0 Å². The Labute approximate surface area is 364 Å². The predicted octanol–water partition coefficient (Wildman–Crippen LogP) is 4.26. The van der Waals surface area contributed by atoms with Gasteiger partial charge in [-0.15, -0.1) is 0 Å². The van der Waals surface area contributed by atoms with Crippen LogP contribution < -0.4 is 17.0 Å². The summed E-state index contributed by atoms with van der Waals surface area (Å²) < 4.78 is 106. The van der Waals surface area contributed by atoms with Crippen molar-refractivity contribution in [2.45, 2.75) is 102 Å². The van der Waals surface area contributed by atoms with Crippen LogP contribution in [-0.2, 0) is 60.5 Å². The van der Waals surface area contributed by atoms with Crippen molar-refractivity contribution in [1.82, 2.24) is 33.9 Å². The second kappa shape index (κ2) is 17.9. The fourth-order valence-corrected chi connectivity index (χ4v) is 13.6. The molecule has 10 atom stereocenters. The maximum Gasteiger partial charge on any atom is 0.390 e. The molecule has 340 valence electrons. The van der Waals surface area contributed by atoms with Crippen molar-refractivity contribution < 1.29 is 64.9 Å². The molecule has 2 bridgehead atoms. The highest BCUT2D eigenvalue weighted by molar-refractivity contribution is 8.55. The average Bonchev–Trinajstić information content (AvgIpc) is 3.94. The Morgan fingerprint density at radius 3 is 2.15 bits per heavy atom. The number of esters is 2. The number of nitrogens with one attached hydrogen (secondary N) is 1. The third kappa shape index (κ3) is 10.3. The number of imidazole rings is 1. The molecule has 29 heteroatoms. The van der Waals surface area contributed by atoms with E-state index in [-0.39, 0.29) is 38.8 Å². The van der Waals surface area contributed by atoms with Crippen LogP contribution in [-0.4, -0.2) is 126 Å². The van der Waals surface area contributed by atoms with Gasteiger partial charge in [0.25, 0.3) is 5.56 Å².